The van der Waals surface area contributed by atoms with E-state index in [1.54, 1.807) is 30.3 Å². The summed E-state index contributed by atoms with van der Waals surface area (Å²) in [4.78, 5) is 22.9. The molecule has 20 heavy (non-hydrogen) atoms. The fraction of sp³-hybridized carbons (Fsp3) is 0.0769. The van der Waals surface area contributed by atoms with Crippen LogP contribution in [0, 0.1) is 0 Å². The molecule has 0 radical (unpaired) electrons. The molecule has 0 aliphatic heterocycles. The van der Waals surface area contributed by atoms with Crippen LogP contribution >= 0.6 is 27.5 Å². The van der Waals surface area contributed by atoms with Gasteiger partial charge in [0, 0.05) is 10.7 Å². The van der Waals surface area contributed by atoms with Crippen LogP contribution in [0.15, 0.2) is 41.0 Å². The van der Waals surface area contributed by atoms with Crippen molar-refractivity contribution in [1.29, 1.82) is 0 Å². The Morgan fingerprint density at radius 3 is 2.80 bits per heavy atom. The SMILES string of the molecule is O=C(O)Cn1cccc1C(=O)Nc1cc(Br)ccc1Cl. The van der Waals surface area contributed by atoms with Gasteiger partial charge in [0.2, 0.25) is 0 Å². The third-order valence-corrected chi connectivity index (χ3v) is 3.37. The molecule has 5 nitrogen and oxygen atoms in total. The van der Waals surface area contributed by atoms with E-state index >= 15 is 0 Å². The molecule has 1 aromatic carbocycles. The number of halogens is 2. The number of hydrogen-bond donors (Lipinski definition) is 2. The first-order chi connectivity index (χ1) is 9.47. The Kier molecular flexibility index (Phi) is 4.46. The van der Waals surface area contributed by atoms with Crippen molar-refractivity contribution in [3.8, 4) is 0 Å². The third kappa shape index (κ3) is 3.40. The van der Waals surface area contributed by atoms with Crippen LogP contribution in [0.25, 0.3) is 0 Å². The highest BCUT2D eigenvalue weighted by Crippen LogP contribution is 2.26. The van der Waals surface area contributed by atoms with Gasteiger partial charge in [-0.25, -0.2) is 0 Å². The van der Waals surface area contributed by atoms with Gasteiger partial charge in [0.25, 0.3) is 5.91 Å². The molecular weight excluding hydrogens is 348 g/mol. The summed E-state index contributed by atoms with van der Waals surface area (Å²) in [6.45, 7) is -0.276. The molecule has 104 valence electrons. The fourth-order valence-corrected chi connectivity index (χ4v) is 2.21. The van der Waals surface area contributed by atoms with Gasteiger partial charge >= 0.3 is 5.97 Å². The highest BCUT2D eigenvalue weighted by molar-refractivity contribution is 9.10. The molecule has 0 atom stereocenters. The van der Waals surface area contributed by atoms with Gasteiger partial charge in [-0.3, -0.25) is 9.59 Å². The molecule has 0 fully saturated rings. The Hall–Kier alpha value is -1.79. The minimum Gasteiger partial charge on any atom is -0.480 e. The molecule has 0 unspecified atom stereocenters. The predicted octanol–water partition coefficient (Wildman–Crippen LogP) is 3.24. The Balaban J connectivity index is 2.22. The Labute approximate surface area is 128 Å². The lowest BCUT2D eigenvalue weighted by Crippen LogP contribution is -2.19. The van der Waals surface area contributed by atoms with Gasteiger partial charge in [-0.2, -0.15) is 0 Å². The van der Waals surface area contributed by atoms with E-state index < -0.39 is 11.9 Å². The molecule has 7 heteroatoms. The van der Waals surface area contributed by atoms with E-state index in [1.807, 2.05) is 0 Å². The number of aliphatic carboxylic acids is 1. The van der Waals surface area contributed by atoms with Gasteiger partial charge in [-0.05, 0) is 30.3 Å². The van der Waals surface area contributed by atoms with Gasteiger partial charge < -0.3 is 15.0 Å². The van der Waals surface area contributed by atoms with Crippen LogP contribution in [-0.4, -0.2) is 21.6 Å². The summed E-state index contributed by atoms with van der Waals surface area (Å²) < 4.78 is 2.13. The predicted molar refractivity (Wildman–Crippen MR) is 79.2 cm³/mol. The molecule has 2 N–H and O–H groups in total. The summed E-state index contributed by atoms with van der Waals surface area (Å²) in [6, 6.07) is 8.23. The van der Waals surface area contributed by atoms with E-state index in [2.05, 4.69) is 21.2 Å². The van der Waals surface area contributed by atoms with E-state index in [9.17, 15) is 9.59 Å². The van der Waals surface area contributed by atoms with Crippen LogP contribution in [0.4, 0.5) is 5.69 Å². The molecule has 0 aliphatic rings. The summed E-state index contributed by atoms with van der Waals surface area (Å²) in [5.41, 5.74) is 0.706. The Bertz CT molecular complexity index is 669. The van der Waals surface area contributed by atoms with Crippen molar-refractivity contribution in [3.63, 3.8) is 0 Å². The second-order valence-corrected chi connectivity index (χ2v) is 5.32. The topological polar surface area (TPSA) is 71.3 Å². The molecule has 2 rings (SSSR count). The van der Waals surface area contributed by atoms with Crippen LogP contribution in [-0.2, 0) is 11.3 Å². The molecule has 0 bridgehead atoms. The van der Waals surface area contributed by atoms with E-state index in [0.717, 1.165) is 4.47 Å². The van der Waals surface area contributed by atoms with Crippen molar-refractivity contribution in [2.75, 3.05) is 5.32 Å². The number of nitrogens with one attached hydrogen (secondary N) is 1. The number of carbonyl (C=O) groups is 2. The summed E-state index contributed by atoms with van der Waals surface area (Å²) >= 11 is 9.28. The first-order valence-corrected chi connectivity index (χ1v) is 6.78. The lowest BCUT2D eigenvalue weighted by molar-refractivity contribution is -0.137. The summed E-state index contributed by atoms with van der Waals surface area (Å²) in [6.07, 6.45) is 1.53. The van der Waals surface area contributed by atoms with Crippen LogP contribution in [0.3, 0.4) is 0 Å². The first kappa shape index (κ1) is 14.6. The van der Waals surface area contributed by atoms with Crippen LogP contribution in [0.5, 0.6) is 0 Å². The van der Waals surface area contributed by atoms with Crippen LogP contribution < -0.4 is 5.32 Å². The van der Waals surface area contributed by atoms with Gasteiger partial charge in [0.05, 0.1) is 10.7 Å². The highest BCUT2D eigenvalue weighted by atomic mass is 79.9. The van der Waals surface area contributed by atoms with E-state index in [0.29, 0.717) is 10.7 Å². The Morgan fingerprint density at radius 1 is 1.35 bits per heavy atom. The average molecular weight is 358 g/mol. The van der Waals surface area contributed by atoms with Crippen molar-refractivity contribution in [2.24, 2.45) is 0 Å². The zero-order valence-electron chi connectivity index (χ0n) is 10.1. The molecule has 0 saturated heterocycles. The second kappa shape index (κ2) is 6.11. The molecule has 1 heterocycles. The molecule has 1 amide bonds. The van der Waals surface area contributed by atoms with E-state index in [4.69, 9.17) is 16.7 Å². The van der Waals surface area contributed by atoms with Crippen molar-refractivity contribution in [2.45, 2.75) is 6.54 Å². The zero-order chi connectivity index (χ0) is 14.7. The van der Waals surface area contributed by atoms with Gasteiger partial charge in [0.1, 0.15) is 12.2 Å². The minimum atomic E-state index is -1.02. The number of rotatable bonds is 4. The normalized spacial score (nSPS) is 10.3. The molecule has 2 aromatic rings. The second-order valence-electron chi connectivity index (χ2n) is 3.99. The van der Waals surface area contributed by atoms with Crippen molar-refractivity contribution >= 4 is 45.1 Å². The lowest BCUT2D eigenvalue weighted by Gasteiger charge is -2.09. The fourth-order valence-electron chi connectivity index (χ4n) is 1.68. The number of carbonyl (C=O) groups excluding carboxylic acids is 1. The summed E-state index contributed by atoms with van der Waals surface area (Å²) in [5.74, 6) is -1.44. The number of hydrogen-bond acceptors (Lipinski definition) is 2. The van der Waals surface area contributed by atoms with Crippen molar-refractivity contribution < 1.29 is 14.7 Å². The molecular formula is C13H10BrClN2O3. The molecule has 0 saturated carbocycles. The van der Waals surface area contributed by atoms with E-state index in [1.165, 1.54) is 10.8 Å². The monoisotopic (exact) mass is 356 g/mol. The van der Waals surface area contributed by atoms with E-state index in [-0.39, 0.29) is 12.2 Å². The van der Waals surface area contributed by atoms with Crippen molar-refractivity contribution in [3.05, 3.63) is 51.7 Å². The minimum absolute atomic E-state index is 0.253. The van der Waals surface area contributed by atoms with Crippen molar-refractivity contribution in [1.82, 2.24) is 4.57 Å². The number of nitrogens with zero attached hydrogens (tertiary/aromatic N) is 1. The third-order valence-electron chi connectivity index (χ3n) is 2.54. The summed E-state index contributed by atoms with van der Waals surface area (Å²) in [5, 5.41) is 11.8. The van der Waals surface area contributed by atoms with Gasteiger partial charge in [-0.15, -0.1) is 0 Å². The smallest absolute Gasteiger partial charge is 0.323 e. The largest absolute Gasteiger partial charge is 0.480 e. The first-order valence-electron chi connectivity index (χ1n) is 5.60. The number of anilines is 1. The highest BCUT2D eigenvalue weighted by Gasteiger charge is 2.14. The molecule has 0 spiro atoms. The molecule has 1 aromatic heterocycles. The Morgan fingerprint density at radius 2 is 2.10 bits per heavy atom. The maximum absolute atomic E-state index is 12.1. The maximum Gasteiger partial charge on any atom is 0.323 e. The zero-order valence-corrected chi connectivity index (χ0v) is 12.5. The number of carboxylic acid groups (broad SMARTS) is 1. The standard InChI is InChI=1S/C13H10BrClN2O3/c14-8-3-4-9(15)10(6-8)16-13(20)11-2-1-5-17(11)7-12(18)19/h1-6H,7H2,(H,16,20)(H,18,19). The lowest BCUT2D eigenvalue weighted by atomic mass is 10.3. The maximum atomic E-state index is 12.1. The average Bonchev–Trinajstić information content (AvgIpc) is 2.81. The van der Waals surface area contributed by atoms with Gasteiger partial charge in [-0.1, -0.05) is 27.5 Å². The van der Waals surface area contributed by atoms with Crippen LogP contribution in [0.2, 0.25) is 5.02 Å². The number of aromatic nitrogens is 1. The van der Waals surface area contributed by atoms with Crippen LogP contribution in [0.1, 0.15) is 10.5 Å². The summed E-state index contributed by atoms with van der Waals surface area (Å²) in [7, 11) is 0. The quantitative estimate of drug-likeness (QED) is 0.882. The van der Waals surface area contributed by atoms with Gasteiger partial charge in [0.15, 0.2) is 0 Å². The molecule has 0 aliphatic carbocycles. The number of carboxylic acids is 1. The number of benzene rings is 1. The number of amides is 1.